The van der Waals surface area contributed by atoms with Gasteiger partial charge in [0.1, 0.15) is 11.5 Å². The zero-order valence-electron chi connectivity index (χ0n) is 15.8. The predicted octanol–water partition coefficient (Wildman–Crippen LogP) is 3.57. The molecular weight excluding hydrogens is 348 g/mol. The van der Waals surface area contributed by atoms with Crippen molar-refractivity contribution in [3.05, 3.63) is 46.6 Å². The van der Waals surface area contributed by atoms with Crippen LogP contribution in [-0.4, -0.2) is 38.3 Å². The molecule has 0 saturated heterocycles. The molecule has 0 radical (unpaired) electrons. The van der Waals surface area contributed by atoms with E-state index in [-0.39, 0.29) is 29.1 Å². The van der Waals surface area contributed by atoms with Crippen LogP contribution in [0.4, 0.5) is 0 Å². The maximum Gasteiger partial charge on any atom is 0.331 e. The van der Waals surface area contributed by atoms with Gasteiger partial charge < -0.3 is 20.4 Å². The number of rotatable bonds is 6. The molecule has 0 aromatic heterocycles. The highest BCUT2D eigenvalue weighted by molar-refractivity contribution is 6.10. The first-order chi connectivity index (χ1) is 12.5. The summed E-state index contributed by atoms with van der Waals surface area (Å²) in [5.74, 6) is -2.42. The van der Waals surface area contributed by atoms with Crippen LogP contribution in [-0.2, 0) is 4.79 Å². The number of hydrogen-bond donors (Lipinski definition) is 4. The summed E-state index contributed by atoms with van der Waals surface area (Å²) in [5, 5.41) is 39.0. The lowest BCUT2D eigenvalue weighted by Crippen LogP contribution is -2.35. The Hall–Kier alpha value is -2.60. The van der Waals surface area contributed by atoms with Crippen molar-refractivity contribution in [1.29, 1.82) is 0 Å². The third-order valence-corrected chi connectivity index (χ3v) is 5.39. The van der Waals surface area contributed by atoms with Crippen molar-refractivity contribution >= 4 is 11.8 Å². The Labute approximate surface area is 158 Å². The van der Waals surface area contributed by atoms with E-state index in [1.165, 1.54) is 12.1 Å². The highest BCUT2D eigenvalue weighted by Crippen LogP contribution is 2.43. The fourth-order valence-electron chi connectivity index (χ4n) is 3.61. The smallest absolute Gasteiger partial charge is 0.331 e. The first kappa shape index (κ1) is 20.7. The fraction of sp³-hybridized carbons (Fsp3) is 0.429. The monoisotopic (exact) mass is 374 g/mol. The molecule has 2 rings (SSSR count). The number of allylic oxidation sites excluding steroid dienone is 2. The minimum absolute atomic E-state index is 0.0843. The van der Waals surface area contributed by atoms with Crippen LogP contribution in [0.1, 0.15) is 56.8 Å². The van der Waals surface area contributed by atoms with Crippen LogP contribution in [0.25, 0.3) is 0 Å². The Balaban J connectivity index is 2.26. The van der Waals surface area contributed by atoms with E-state index in [2.05, 4.69) is 0 Å². The summed E-state index contributed by atoms with van der Waals surface area (Å²) in [6.07, 6.45) is 2.50. The minimum atomic E-state index is -1.21. The van der Waals surface area contributed by atoms with Crippen molar-refractivity contribution in [1.82, 2.24) is 0 Å². The van der Waals surface area contributed by atoms with Crippen LogP contribution in [0.2, 0.25) is 0 Å². The first-order valence-electron chi connectivity index (χ1n) is 8.91. The molecule has 0 amide bonds. The molecule has 146 valence electrons. The highest BCUT2D eigenvalue weighted by atomic mass is 16.4. The van der Waals surface area contributed by atoms with Gasteiger partial charge in [-0.2, -0.15) is 0 Å². The standard InChI is InChI=1S/C21H26O6/c1-12-4-9-19(25)21(2,3)16(12)7-5-13(20(26)27)10-18(24)15-11-14(22)6-8-17(15)23/h6,8,10-11,19,22-23,25H,4-5,7,9H2,1-3H3,(H,26,27). The summed E-state index contributed by atoms with van der Waals surface area (Å²) in [6.45, 7) is 5.87. The van der Waals surface area contributed by atoms with Crippen molar-refractivity contribution in [2.24, 2.45) is 5.41 Å². The normalized spacial score (nSPS) is 19.9. The summed E-state index contributed by atoms with van der Waals surface area (Å²) in [7, 11) is 0. The van der Waals surface area contributed by atoms with E-state index in [0.29, 0.717) is 12.8 Å². The SMILES string of the molecule is CC1=C(CCC(=CC(=O)c2cc(O)ccc2O)C(=O)O)C(C)(C)C(O)CC1. The molecule has 0 heterocycles. The van der Waals surface area contributed by atoms with Gasteiger partial charge in [0, 0.05) is 11.0 Å². The second kappa shape index (κ2) is 7.96. The molecule has 1 aromatic carbocycles. The van der Waals surface area contributed by atoms with E-state index in [1.54, 1.807) is 0 Å². The highest BCUT2D eigenvalue weighted by Gasteiger charge is 2.36. The predicted molar refractivity (Wildman–Crippen MR) is 101 cm³/mol. The lowest BCUT2D eigenvalue weighted by atomic mass is 9.69. The number of aliphatic carboxylic acids is 1. The van der Waals surface area contributed by atoms with Gasteiger partial charge in [-0.1, -0.05) is 25.0 Å². The molecule has 1 unspecified atom stereocenters. The summed E-state index contributed by atoms with van der Waals surface area (Å²) in [6, 6.07) is 3.51. The summed E-state index contributed by atoms with van der Waals surface area (Å²) >= 11 is 0. The third kappa shape index (κ3) is 4.57. The molecule has 1 atom stereocenters. The Kier molecular flexibility index (Phi) is 6.11. The number of aliphatic hydroxyl groups excluding tert-OH is 1. The van der Waals surface area contributed by atoms with Crippen LogP contribution < -0.4 is 0 Å². The van der Waals surface area contributed by atoms with Crippen LogP contribution >= 0.6 is 0 Å². The maximum atomic E-state index is 12.4. The van der Waals surface area contributed by atoms with Gasteiger partial charge in [0.25, 0.3) is 0 Å². The topological polar surface area (TPSA) is 115 Å². The van der Waals surface area contributed by atoms with Gasteiger partial charge in [-0.25, -0.2) is 4.79 Å². The number of hydrogen-bond acceptors (Lipinski definition) is 5. The van der Waals surface area contributed by atoms with E-state index in [4.69, 9.17) is 0 Å². The van der Waals surface area contributed by atoms with E-state index in [9.17, 15) is 30.0 Å². The number of aliphatic hydroxyl groups is 1. The zero-order valence-corrected chi connectivity index (χ0v) is 15.8. The largest absolute Gasteiger partial charge is 0.508 e. The number of phenols is 2. The third-order valence-electron chi connectivity index (χ3n) is 5.39. The van der Waals surface area contributed by atoms with Gasteiger partial charge >= 0.3 is 5.97 Å². The van der Waals surface area contributed by atoms with Crippen LogP contribution in [0, 0.1) is 5.41 Å². The molecule has 1 aliphatic carbocycles. The Bertz CT molecular complexity index is 816. The van der Waals surface area contributed by atoms with Crippen molar-refractivity contribution in [2.45, 2.75) is 52.6 Å². The van der Waals surface area contributed by atoms with Gasteiger partial charge in [-0.05, 0) is 56.9 Å². The summed E-state index contributed by atoms with van der Waals surface area (Å²) in [5.41, 5.74) is 1.48. The summed E-state index contributed by atoms with van der Waals surface area (Å²) < 4.78 is 0. The lowest BCUT2D eigenvalue weighted by Gasteiger charge is -2.39. The number of carbonyl (C=O) groups excluding carboxylic acids is 1. The second-order valence-electron chi connectivity index (χ2n) is 7.58. The van der Waals surface area contributed by atoms with Crippen molar-refractivity contribution < 1.29 is 30.0 Å². The van der Waals surface area contributed by atoms with Crippen molar-refractivity contribution in [3.8, 4) is 11.5 Å². The molecule has 27 heavy (non-hydrogen) atoms. The average molecular weight is 374 g/mol. The molecule has 4 N–H and O–H groups in total. The number of ketones is 1. The molecule has 6 nitrogen and oxygen atoms in total. The van der Waals surface area contributed by atoms with Gasteiger partial charge in [-0.3, -0.25) is 4.79 Å². The number of carboxylic acids is 1. The fourth-order valence-corrected chi connectivity index (χ4v) is 3.61. The number of carbonyl (C=O) groups is 2. The number of benzene rings is 1. The van der Waals surface area contributed by atoms with Crippen LogP contribution in [0.3, 0.4) is 0 Å². The van der Waals surface area contributed by atoms with E-state index >= 15 is 0 Å². The molecule has 6 heteroatoms. The lowest BCUT2D eigenvalue weighted by molar-refractivity contribution is -0.132. The van der Waals surface area contributed by atoms with Crippen LogP contribution in [0.15, 0.2) is 41.0 Å². The summed E-state index contributed by atoms with van der Waals surface area (Å²) in [4.78, 5) is 24.0. The average Bonchev–Trinajstić information content (AvgIpc) is 2.59. The van der Waals surface area contributed by atoms with E-state index in [1.807, 2.05) is 20.8 Å². The first-order valence-corrected chi connectivity index (χ1v) is 8.91. The molecule has 0 bridgehead atoms. The van der Waals surface area contributed by atoms with Gasteiger partial charge in [-0.15, -0.1) is 0 Å². The number of carboxylic acid groups (broad SMARTS) is 1. The number of aromatic hydroxyl groups is 2. The zero-order chi connectivity index (χ0) is 20.4. The maximum absolute atomic E-state index is 12.4. The molecule has 1 aromatic rings. The molecule has 0 fully saturated rings. The Morgan fingerprint density at radius 3 is 2.56 bits per heavy atom. The molecular formula is C21H26O6. The molecule has 0 saturated carbocycles. The minimum Gasteiger partial charge on any atom is -0.508 e. The quantitative estimate of drug-likeness (QED) is 0.262. The molecule has 1 aliphatic rings. The van der Waals surface area contributed by atoms with Crippen molar-refractivity contribution in [2.75, 3.05) is 0 Å². The van der Waals surface area contributed by atoms with Gasteiger partial charge in [0.2, 0.25) is 0 Å². The Morgan fingerprint density at radius 1 is 1.26 bits per heavy atom. The second-order valence-corrected chi connectivity index (χ2v) is 7.58. The molecule has 0 aliphatic heterocycles. The van der Waals surface area contributed by atoms with Crippen LogP contribution in [0.5, 0.6) is 11.5 Å². The van der Waals surface area contributed by atoms with Crippen molar-refractivity contribution in [3.63, 3.8) is 0 Å². The number of phenolic OH excluding ortho intramolecular Hbond substituents is 2. The van der Waals surface area contributed by atoms with Gasteiger partial charge in [0.05, 0.1) is 11.7 Å². The molecule has 0 spiro atoms. The van der Waals surface area contributed by atoms with E-state index < -0.39 is 23.3 Å². The van der Waals surface area contributed by atoms with Gasteiger partial charge in [0.15, 0.2) is 5.78 Å². The Morgan fingerprint density at radius 2 is 1.93 bits per heavy atom. The van der Waals surface area contributed by atoms with E-state index in [0.717, 1.165) is 29.7 Å².